The lowest BCUT2D eigenvalue weighted by molar-refractivity contribution is -0.138. The first-order chi connectivity index (χ1) is 20.2. The van der Waals surface area contributed by atoms with Crippen molar-refractivity contribution < 1.29 is 29.3 Å². The molecule has 0 bridgehead atoms. The monoisotopic (exact) mass is 606 g/mol. The van der Waals surface area contributed by atoms with Crippen LogP contribution in [0.25, 0.3) is 0 Å². The number of rotatable bonds is 14. The number of nitrogens with zero attached hydrogens (tertiary/aromatic N) is 2. The number of amides is 3. The highest BCUT2D eigenvalue weighted by molar-refractivity contribution is 7.07. The van der Waals surface area contributed by atoms with Crippen molar-refractivity contribution in [3.8, 4) is 0 Å². The number of nitrogens with one attached hydrogen (secondary N) is 2. The molecule has 0 radical (unpaired) electrons. The molecule has 236 valence electrons. The molecule has 1 saturated heterocycles. The number of carbonyl (C=O) groups is 3. The lowest BCUT2D eigenvalue weighted by Crippen LogP contribution is -2.56. The average Bonchev–Trinajstić information content (AvgIpc) is 3.50. The smallest absolute Gasteiger partial charge is 0.243 e. The summed E-state index contributed by atoms with van der Waals surface area (Å²) >= 11 is 1.42. The van der Waals surface area contributed by atoms with Crippen molar-refractivity contribution in [1.29, 1.82) is 0 Å². The maximum Gasteiger partial charge on any atom is 0.243 e. The molecule has 3 fully saturated rings. The summed E-state index contributed by atoms with van der Waals surface area (Å²) < 4.78 is 5.38. The molecule has 3 aliphatic rings. The maximum absolute atomic E-state index is 13.8. The molecule has 0 unspecified atom stereocenters. The van der Waals surface area contributed by atoms with Gasteiger partial charge < -0.3 is 30.5 Å². The van der Waals surface area contributed by atoms with Crippen molar-refractivity contribution in [1.82, 2.24) is 20.5 Å². The zero-order valence-corrected chi connectivity index (χ0v) is 26.2. The van der Waals surface area contributed by atoms with Gasteiger partial charge in [0.1, 0.15) is 12.1 Å². The maximum atomic E-state index is 13.8. The normalized spacial score (nSPS) is 25.9. The van der Waals surface area contributed by atoms with E-state index in [4.69, 9.17) is 4.74 Å². The Hall–Kier alpha value is -2.08. The minimum Gasteiger partial charge on any atom is -0.390 e. The first-order valence-corrected chi connectivity index (χ1v) is 16.8. The van der Waals surface area contributed by atoms with Gasteiger partial charge in [0.15, 0.2) is 0 Å². The van der Waals surface area contributed by atoms with Crippen LogP contribution in [0.3, 0.4) is 0 Å². The Bertz CT molecular complexity index is 1010. The molecule has 1 aliphatic heterocycles. The third-order valence-electron chi connectivity index (χ3n) is 9.24. The Kier molecular flexibility index (Phi) is 12.2. The quantitative estimate of drug-likeness (QED) is 0.255. The van der Waals surface area contributed by atoms with Crippen LogP contribution in [-0.4, -0.2) is 88.4 Å². The number of hydrogen-bond acceptors (Lipinski definition) is 8. The summed E-state index contributed by atoms with van der Waals surface area (Å²) in [7, 11) is 0. The fourth-order valence-electron chi connectivity index (χ4n) is 6.83. The highest BCUT2D eigenvalue weighted by Crippen LogP contribution is 2.50. The summed E-state index contributed by atoms with van der Waals surface area (Å²) in [6, 6.07) is -1.55. The van der Waals surface area contributed by atoms with Gasteiger partial charge in [-0.05, 0) is 30.6 Å². The van der Waals surface area contributed by atoms with Crippen molar-refractivity contribution in [2.45, 2.75) is 103 Å². The zero-order valence-electron chi connectivity index (χ0n) is 25.4. The molecule has 11 heteroatoms. The second-order valence-electron chi connectivity index (χ2n) is 12.8. The average molecular weight is 607 g/mol. The van der Waals surface area contributed by atoms with E-state index in [9.17, 15) is 24.6 Å². The van der Waals surface area contributed by atoms with Crippen LogP contribution < -0.4 is 10.6 Å². The van der Waals surface area contributed by atoms with E-state index in [2.05, 4.69) is 15.6 Å². The Morgan fingerprint density at radius 2 is 1.81 bits per heavy atom. The summed E-state index contributed by atoms with van der Waals surface area (Å²) in [5.74, 6) is -1.09. The van der Waals surface area contributed by atoms with Gasteiger partial charge in [-0.15, -0.1) is 11.3 Å². The first-order valence-electron chi connectivity index (χ1n) is 15.9. The Morgan fingerprint density at radius 1 is 1.10 bits per heavy atom. The predicted molar refractivity (Wildman–Crippen MR) is 160 cm³/mol. The van der Waals surface area contributed by atoms with Crippen LogP contribution in [0.1, 0.15) is 77.8 Å². The van der Waals surface area contributed by atoms with E-state index in [1.165, 1.54) is 17.8 Å². The van der Waals surface area contributed by atoms with Crippen LogP contribution in [0.2, 0.25) is 0 Å². The third-order valence-corrected chi connectivity index (χ3v) is 9.87. The van der Waals surface area contributed by atoms with Crippen LogP contribution in [0, 0.1) is 29.6 Å². The van der Waals surface area contributed by atoms with Crippen LogP contribution >= 0.6 is 11.3 Å². The number of aliphatic hydroxyl groups is 2. The molecule has 1 aromatic rings. The number of ether oxygens (including phenoxy) is 1. The molecular formula is C31H50N4O6S. The number of carbonyl (C=O) groups excluding carboxylic acids is 3. The molecule has 4 rings (SSSR count). The van der Waals surface area contributed by atoms with E-state index >= 15 is 0 Å². The highest BCUT2D eigenvalue weighted by Gasteiger charge is 2.59. The van der Waals surface area contributed by atoms with Gasteiger partial charge in [0.2, 0.25) is 17.7 Å². The van der Waals surface area contributed by atoms with Crippen molar-refractivity contribution >= 4 is 29.1 Å². The van der Waals surface area contributed by atoms with E-state index in [1.54, 1.807) is 10.4 Å². The van der Waals surface area contributed by atoms with Gasteiger partial charge >= 0.3 is 0 Å². The van der Waals surface area contributed by atoms with Crippen molar-refractivity contribution in [2.24, 2.45) is 29.6 Å². The summed E-state index contributed by atoms with van der Waals surface area (Å²) in [6.07, 6.45) is 5.36. The van der Waals surface area contributed by atoms with Crippen molar-refractivity contribution in [3.05, 3.63) is 16.6 Å². The van der Waals surface area contributed by atoms with Crippen LogP contribution in [0.5, 0.6) is 0 Å². The SMILES string of the molecule is CC[C@@H]1[C@@H](C(=O)N[C@@H](Cc2cscn2)C(=O)N[C@@H](CC2CCCCC2)[C@@H](O)[C@@H](O)CC(C)C)[C@@H]1C(=O)N1CCOCC1. The molecule has 1 aromatic heterocycles. The van der Waals surface area contributed by atoms with E-state index in [-0.39, 0.29) is 36.0 Å². The number of thiazole rings is 1. The fourth-order valence-corrected chi connectivity index (χ4v) is 7.41. The second-order valence-corrected chi connectivity index (χ2v) is 13.6. The predicted octanol–water partition coefficient (Wildman–Crippen LogP) is 2.52. The molecule has 4 N–H and O–H groups in total. The second kappa shape index (κ2) is 15.6. The summed E-state index contributed by atoms with van der Waals surface area (Å²) in [5.41, 5.74) is 2.38. The van der Waals surface area contributed by atoms with Gasteiger partial charge in [0, 0.05) is 24.9 Å². The minimum atomic E-state index is -1.11. The first kappa shape index (κ1) is 32.8. The van der Waals surface area contributed by atoms with Gasteiger partial charge in [-0.25, -0.2) is 4.98 Å². The third kappa shape index (κ3) is 8.74. The van der Waals surface area contributed by atoms with Crippen molar-refractivity contribution in [2.75, 3.05) is 26.3 Å². The molecule has 7 atom stereocenters. The Labute approximate surface area is 254 Å². The summed E-state index contributed by atoms with van der Waals surface area (Å²) in [6.45, 7) is 8.02. The molecule has 2 heterocycles. The molecule has 42 heavy (non-hydrogen) atoms. The van der Waals surface area contributed by atoms with Gasteiger partial charge in [-0.3, -0.25) is 14.4 Å². The fraction of sp³-hybridized carbons (Fsp3) is 0.806. The van der Waals surface area contributed by atoms with Crippen LogP contribution in [-0.2, 0) is 25.5 Å². The molecule has 2 saturated carbocycles. The lowest BCUT2D eigenvalue weighted by Gasteiger charge is -2.33. The number of morpholine rings is 1. The van der Waals surface area contributed by atoms with Crippen molar-refractivity contribution in [3.63, 3.8) is 0 Å². The zero-order chi connectivity index (χ0) is 30.2. The van der Waals surface area contributed by atoms with Gasteiger partial charge in [-0.1, -0.05) is 59.3 Å². The number of aliphatic hydroxyl groups excluding tert-OH is 2. The lowest BCUT2D eigenvalue weighted by atomic mass is 9.82. The van der Waals surface area contributed by atoms with E-state index in [0.717, 1.165) is 25.7 Å². The summed E-state index contributed by atoms with van der Waals surface area (Å²) in [5, 5.41) is 29.8. The van der Waals surface area contributed by atoms with E-state index < -0.39 is 36.1 Å². The Morgan fingerprint density at radius 3 is 2.43 bits per heavy atom. The van der Waals surface area contributed by atoms with Crippen LogP contribution in [0.4, 0.5) is 0 Å². The molecule has 0 spiro atoms. The van der Waals surface area contributed by atoms with Gasteiger partial charge in [0.25, 0.3) is 0 Å². The molecule has 3 amide bonds. The van der Waals surface area contributed by atoms with Gasteiger partial charge in [0.05, 0.1) is 48.4 Å². The largest absolute Gasteiger partial charge is 0.390 e. The topological polar surface area (TPSA) is 141 Å². The van der Waals surface area contributed by atoms with Gasteiger partial charge in [-0.2, -0.15) is 0 Å². The molecular weight excluding hydrogens is 556 g/mol. The molecule has 0 aromatic carbocycles. The van der Waals surface area contributed by atoms with E-state index in [0.29, 0.717) is 57.2 Å². The molecule has 2 aliphatic carbocycles. The molecule has 10 nitrogen and oxygen atoms in total. The summed E-state index contributed by atoms with van der Waals surface area (Å²) in [4.78, 5) is 46.8. The van der Waals surface area contributed by atoms with E-state index in [1.807, 2.05) is 26.2 Å². The highest BCUT2D eigenvalue weighted by atomic mass is 32.1. The minimum absolute atomic E-state index is 0.0133. The number of hydrogen-bond donors (Lipinski definition) is 4. The van der Waals surface area contributed by atoms with Crippen LogP contribution in [0.15, 0.2) is 10.9 Å². The standard InChI is InChI=1S/C31H50N4O6S/c1-4-22-26(27(22)31(40)35-10-12-41-13-11-35)30(39)34-24(16-21-17-42-18-32-21)29(38)33-23(15-20-8-6-5-7-9-20)28(37)25(36)14-19(2)3/h17-20,22-28,36-37H,4-16H2,1-3H3,(H,33,38)(H,34,39)/t22-,23+,24+,25+,26-,27-,28-/m1/s1. The number of aromatic nitrogens is 1. The Balaban J connectivity index is 1.47.